The monoisotopic (exact) mass is 262 g/mol. The number of nitrogens with two attached hydrogens (primary N) is 1. The summed E-state index contributed by atoms with van der Waals surface area (Å²) in [6.45, 7) is 7.16. The first kappa shape index (κ1) is 14.0. The minimum Gasteiger partial charge on any atom is -0.369 e. The number of ether oxygens (including phenoxy) is 1. The molecular formula is C15H22N2O2. The highest BCUT2D eigenvalue weighted by Gasteiger charge is 2.35. The maximum absolute atomic E-state index is 12.5. The SMILES string of the molecule is CC1CN(C(=O)[C@@H](N)c2ccccc2)CC(C)(C)O1. The van der Waals surface area contributed by atoms with Crippen LogP contribution in [0.3, 0.4) is 0 Å². The molecule has 1 aliphatic rings. The van der Waals surface area contributed by atoms with Crippen LogP contribution < -0.4 is 5.73 Å². The van der Waals surface area contributed by atoms with Gasteiger partial charge in [0.25, 0.3) is 0 Å². The molecule has 2 N–H and O–H groups in total. The Morgan fingerprint density at radius 2 is 2.05 bits per heavy atom. The largest absolute Gasteiger partial charge is 0.369 e. The molecule has 2 rings (SSSR count). The van der Waals surface area contributed by atoms with Crippen LogP contribution in [-0.4, -0.2) is 35.6 Å². The van der Waals surface area contributed by atoms with E-state index in [1.807, 2.05) is 56.0 Å². The van der Waals surface area contributed by atoms with Crippen molar-refractivity contribution in [3.05, 3.63) is 35.9 Å². The average Bonchev–Trinajstić information content (AvgIpc) is 2.35. The zero-order valence-electron chi connectivity index (χ0n) is 11.8. The zero-order chi connectivity index (χ0) is 14.0. The number of rotatable bonds is 2. The molecule has 19 heavy (non-hydrogen) atoms. The van der Waals surface area contributed by atoms with Gasteiger partial charge in [-0.3, -0.25) is 4.79 Å². The molecule has 0 saturated carbocycles. The molecule has 1 fully saturated rings. The Hall–Kier alpha value is -1.39. The van der Waals surface area contributed by atoms with Gasteiger partial charge in [-0.05, 0) is 26.3 Å². The fraction of sp³-hybridized carbons (Fsp3) is 0.533. The van der Waals surface area contributed by atoms with Gasteiger partial charge in [-0.15, -0.1) is 0 Å². The van der Waals surface area contributed by atoms with E-state index in [0.717, 1.165) is 5.56 Å². The number of morpholine rings is 1. The Balaban J connectivity index is 2.11. The van der Waals surface area contributed by atoms with Gasteiger partial charge in [-0.25, -0.2) is 0 Å². The average molecular weight is 262 g/mol. The summed E-state index contributed by atoms with van der Waals surface area (Å²) in [4.78, 5) is 14.3. The van der Waals surface area contributed by atoms with Gasteiger partial charge in [0.1, 0.15) is 6.04 Å². The van der Waals surface area contributed by atoms with E-state index in [0.29, 0.717) is 13.1 Å². The van der Waals surface area contributed by atoms with Crippen molar-refractivity contribution < 1.29 is 9.53 Å². The Bertz CT molecular complexity index is 445. The molecule has 4 nitrogen and oxygen atoms in total. The van der Waals surface area contributed by atoms with Crippen LogP contribution in [0.5, 0.6) is 0 Å². The van der Waals surface area contributed by atoms with E-state index < -0.39 is 6.04 Å². The third-order valence-electron chi connectivity index (χ3n) is 3.31. The topological polar surface area (TPSA) is 55.6 Å². The lowest BCUT2D eigenvalue weighted by Crippen LogP contribution is -2.55. The lowest BCUT2D eigenvalue weighted by atomic mass is 10.0. The van der Waals surface area contributed by atoms with Gasteiger partial charge in [0, 0.05) is 13.1 Å². The molecule has 0 bridgehead atoms. The molecule has 1 aromatic carbocycles. The van der Waals surface area contributed by atoms with E-state index in [-0.39, 0.29) is 17.6 Å². The summed E-state index contributed by atoms with van der Waals surface area (Å²) >= 11 is 0. The van der Waals surface area contributed by atoms with Crippen LogP contribution in [0.4, 0.5) is 0 Å². The van der Waals surface area contributed by atoms with Crippen LogP contribution >= 0.6 is 0 Å². The van der Waals surface area contributed by atoms with Gasteiger partial charge in [0.15, 0.2) is 0 Å². The third kappa shape index (κ3) is 3.33. The minimum absolute atomic E-state index is 0.0329. The van der Waals surface area contributed by atoms with Crippen molar-refractivity contribution in [1.29, 1.82) is 0 Å². The number of hydrogen-bond acceptors (Lipinski definition) is 3. The van der Waals surface area contributed by atoms with E-state index in [9.17, 15) is 4.79 Å². The first-order valence-electron chi connectivity index (χ1n) is 6.66. The van der Waals surface area contributed by atoms with E-state index >= 15 is 0 Å². The summed E-state index contributed by atoms with van der Waals surface area (Å²) in [5.41, 5.74) is 6.61. The van der Waals surface area contributed by atoms with Gasteiger partial charge >= 0.3 is 0 Å². The molecule has 1 unspecified atom stereocenters. The summed E-state index contributed by atoms with van der Waals surface area (Å²) in [5, 5.41) is 0. The normalized spacial score (nSPS) is 24.0. The number of carbonyl (C=O) groups excluding carboxylic acids is 1. The van der Waals surface area contributed by atoms with Crippen molar-refractivity contribution in [3.8, 4) is 0 Å². The lowest BCUT2D eigenvalue weighted by Gasteiger charge is -2.42. The molecule has 1 aliphatic heterocycles. The van der Waals surface area contributed by atoms with Crippen LogP contribution in [0, 0.1) is 0 Å². The van der Waals surface area contributed by atoms with E-state index in [1.165, 1.54) is 0 Å². The predicted octanol–water partition coefficient (Wildman–Crippen LogP) is 1.71. The second kappa shape index (κ2) is 5.31. The third-order valence-corrected chi connectivity index (χ3v) is 3.31. The fourth-order valence-corrected chi connectivity index (χ4v) is 2.62. The van der Waals surface area contributed by atoms with E-state index in [4.69, 9.17) is 10.5 Å². The molecule has 0 spiro atoms. The van der Waals surface area contributed by atoms with Crippen molar-refractivity contribution in [1.82, 2.24) is 4.90 Å². The van der Waals surface area contributed by atoms with Crippen molar-refractivity contribution >= 4 is 5.91 Å². The Labute approximate surface area is 114 Å². The summed E-state index contributed by atoms with van der Waals surface area (Å²) < 4.78 is 5.80. The van der Waals surface area contributed by atoms with Gasteiger partial charge in [-0.2, -0.15) is 0 Å². The van der Waals surface area contributed by atoms with Crippen molar-refractivity contribution in [2.45, 2.75) is 38.5 Å². The molecular weight excluding hydrogens is 240 g/mol. The summed E-state index contributed by atoms with van der Waals surface area (Å²) in [6.07, 6.45) is 0.0377. The van der Waals surface area contributed by atoms with Crippen LogP contribution in [0.15, 0.2) is 30.3 Å². The van der Waals surface area contributed by atoms with E-state index in [1.54, 1.807) is 0 Å². The highest BCUT2D eigenvalue weighted by Crippen LogP contribution is 2.23. The number of nitrogens with zero attached hydrogens (tertiary/aromatic N) is 1. The van der Waals surface area contributed by atoms with Crippen molar-refractivity contribution in [2.75, 3.05) is 13.1 Å². The second-order valence-electron chi connectivity index (χ2n) is 5.80. The number of benzene rings is 1. The Morgan fingerprint density at radius 3 is 2.63 bits per heavy atom. The lowest BCUT2D eigenvalue weighted by molar-refractivity contribution is -0.159. The van der Waals surface area contributed by atoms with Crippen LogP contribution in [-0.2, 0) is 9.53 Å². The van der Waals surface area contributed by atoms with Gasteiger partial charge in [0.05, 0.1) is 11.7 Å². The smallest absolute Gasteiger partial charge is 0.244 e. The molecule has 4 heteroatoms. The fourth-order valence-electron chi connectivity index (χ4n) is 2.62. The first-order chi connectivity index (χ1) is 8.89. The number of hydrogen-bond donors (Lipinski definition) is 1. The molecule has 0 aliphatic carbocycles. The van der Waals surface area contributed by atoms with Crippen molar-refractivity contribution in [2.24, 2.45) is 5.73 Å². The minimum atomic E-state index is -0.595. The highest BCUT2D eigenvalue weighted by molar-refractivity contribution is 5.83. The molecule has 1 saturated heterocycles. The second-order valence-corrected chi connectivity index (χ2v) is 5.80. The Morgan fingerprint density at radius 1 is 1.42 bits per heavy atom. The molecule has 1 heterocycles. The number of amides is 1. The quantitative estimate of drug-likeness (QED) is 0.882. The van der Waals surface area contributed by atoms with Gasteiger partial charge in [-0.1, -0.05) is 30.3 Å². The molecule has 0 aromatic heterocycles. The number of carbonyl (C=O) groups is 1. The standard InChI is InChI=1S/C15H22N2O2/c1-11-9-17(10-15(2,3)19-11)14(18)13(16)12-7-5-4-6-8-12/h4-8,11,13H,9-10,16H2,1-3H3/t11?,13-/m0/s1. The van der Waals surface area contributed by atoms with E-state index in [2.05, 4.69) is 0 Å². The maximum Gasteiger partial charge on any atom is 0.244 e. The maximum atomic E-state index is 12.5. The van der Waals surface area contributed by atoms with Crippen LogP contribution in [0.25, 0.3) is 0 Å². The van der Waals surface area contributed by atoms with Crippen LogP contribution in [0.2, 0.25) is 0 Å². The summed E-state index contributed by atoms with van der Waals surface area (Å²) in [7, 11) is 0. The van der Waals surface area contributed by atoms with Crippen LogP contribution in [0.1, 0.15) is 32.4 Å². The molecule has 104 valence electrons. The van der Waals surface area contributed by atoms with Gasteiger partial charge in [0.2, 0.25) is 5.91 Å². The summed E-state index contributed by atoms with van der Waals surface area (Å²) in [6, 6.07) is 8.89. The molecule has 1 amide bonds. The zero-order valence-corrected chi connectivity index (χ0v) is 11.8. The molecule has 1 aromatic rings. The summed E-state index contributed by atoms with van der Waals surface area (Å²) in [5.74, 6) is -0.0329. The molecule has 2 atom stereocenters. The van der Waals surface area contributed by atoms with Crippen molar-refractivity contribution in [3.63, 3.8) is 0 Å². The molecule has 0 radical (unpaired) electrons. The Kier molecular flexibility index (Phi) is 3.92. The first-order valence-corrected chi connectivity index (χ1v) is 6.66. The predicted molar refractivity (Wildman–Crippen MR) is 74.6 cm³/mol. The van der Waals surface area contributed by atoms with Gasteiger partial charge < -0.3 is 15.4 Å². The highest BCUT2D eigenvalue weighted by atomic mass is 16.5.